The predicted molar refractivity (Wildman–Crippen MR) is 101 cm³/mol. The van der Waals surface area contributed by atoms with Crippen LogP contribution in [0.15, 0.2) is 42.5 Å². The van der Waals surface area contributed by atoms with E-state index in [2.05, 4.69) is 10.6 Å². The highest BCUT2D eigenvalue weighted by molar-refractivity contribution is 6.35. The Morgan fingerprint density at radius 1 is 1.16 bits per heavy atom. The third kappa shape index (κ3) is 4.88. The van der Waals surface area contributed by atoms with Crippen molar-refractivity contribution < 1.29 is 9.53 Å². The molecule has 1 aliphatic rings. The van der Waals surface area contributed by atoms with Gasteiger partial charge in [0, 0.05) is 21.7 Å². The van der Waals surface area contributed by atoms with E-state index in [1.807, 2.05) is 18.2 Å². The minimum absolute atomic E-state index is 0.107. The maximum atomic E-state index is 12.6. The van der Waals surface area contributed by atoms with Gasteiger partial charge in [0.2, 0.25) is 0 Å². The van der Waals surface area contributed by atoms with Gasteiger partial charge in [-0.3, -0.25) is 4.79 Å². The van der Waals surface area contributed by atoms with Crippen molar-refractivity contribution in [1.29, 1.82) is 0 Å². The zero-order valence-corrected chi connectivity index (χ0v) is 15.2. The van der Waals surface area contributed by atoms with E-state index in [0.717, 1.165) is 31.5 Å². The van der Waals surface area contributed by atoms with Crippen molar-refractivity contribution >= 4 is 29.1 Å². The molecule has 4 nitrogen and oxygen atoms in total. The lowest BCUT2D eigenvalue weighted by molar-refractivity contribution is 0.0925. The molecule has 25 heavy (non-hydrogen) atoms. The van der Waals surface area contributed by atoms with Gasteiger partial charge in [0.05, 0.1) is 5.56 Å². The van der Waals surface area contributed by atoms with Gasteiger partial charge in [0.1, 0.15) is 12.4 Å². The van der Waals surface area contributed by atoms with Crippen molar-refractivity contribution in [3.05, 3.63) is 63.6 Å². The molecule has 1 heterocycles. The zero-order chi connectivity index (χ0) is 17.6. The number of carbonyl (C=O) groups excluding carboxylic acids is 1. The highest BCUT2D eigenvalue weighted by Crippen LogP contribution is 2.24. The van der Waals surface area contributed by atoms with E-state index in [1.165, 1.54) is 0 Å². The first-order valence-electron chi connectivity index (χ1n) is 8.31. The number of piperidine rings is 1. The van der Waals surface area contributed by atoms with Gasteiger partial charge in [-0.25, -0.2) is 0 Å². The Morgan fingerprint density at radius 2 is 1.92 bits per heavy atom. The van der Waals surface area contributed by atoms with Gasteiger partial charge in [0.15, 0.2) is 0 Å². The van der Waals surface area contributed by atoms with E-state index < -0.39 is 0 Å². The second-order valence-electron chi connectivity index (χ2n) is 6.02. The molecule has 2 aromatic rings. The molecule has 132 valence electrons. The van der Waals surface area contributed by atoms with Crippen molar-refractivity contribution in [2.75, 3.05) is 13.1 Å². The molecule has 0 unspecified atom stereocenters. The fourth-order valence-corrected chi connectivity index (χ4v) is 3.27. The SMILES string of the molecule is O=C(NC1CCNCC1)c1ccccc1OCc1ccc(Cl)cc1Cl. The summed E-state index contributed by atoms with van der Waals surface area (Å²) < 4.78 is 5.85. The lowest BCUT2D eigenvalue weighted by atomic mass is 10.1. The monoisotopic (exact) mass is 378 g/mol. The summed E-state index contributed by atoms with van der Waals surface area (Å²) in [5.74, 6) is 0.435. The van der Waals surface area contributed by atoms with Crippen LogP contribution in [0.3, 0.4) is 0 Å². The van der Waals surface area contributed by atoms with E-state index in [4.69, 9.17) is 27.9 Å². The zero-order valence-electron chi connectivity index (χ0n) is 13.7. The van der Waals surface area contributed by atoms with E-state index in [0.29, 0.717) is 21.4 Å². The summed E-state index contributed by atoms with van der Waals surface area (Å²) in [5, 5.41) is 7.50. The van der Waals surface area contributed by atoms with Crippen LogP contribution in [-0.4, -0.2) is 25.0 Å². The lowest BCUT2D eigenvalue weighted by Crippen LogP contribution is -2.42. The third-order valence-corrected chi connectivity index (χ3v) is 4.79. The summed E-state index contributed by atoms with van der Waals surface area (Å²) in [7, 11) is 0. The summed E-state index contributed by atoms with van der Waals surface area (Å²) in [5.41, 5.74) is 1.35. The van der Waals surface area contributed by atoms with Crippen LogP contribution < -0.4 is 15.4 Å². The van der Waals surface area contributed by atoms with Gasteiger partial charge in [-0.15, -0.1) is 0 Å². The molecule has 0 aliphatic carbocycles. The van der Waals surface area contributed by atoms with Gasteiger partial charge in [-0.05, 0) is 50.2 Å². The molecule has 1 amide bonds. The fourth-order valence-electron chi connectivity index (χ4n) is 2.80. The number of nitrogens with one attached hydrogen (secondary N) is 2. The average molecular weight is 379 g/mol. The van der Waals surface area contributed by atoms with Crippen molar-refractivity contribution in [2.45, 2.75) is 25.5 Å². The largest absolute Gasteiger partial charge is 0.488 e. The van der Waals surface area contributed by atoms with Crippen molar-refractivity contribution in [3.63, 3.8) is 0 Å². The Bertz CT molecular complexity index is 746. The molecule has 6 heteroatoms. The molecule has 0 spiro atoms. The number of hydrogen-bond acceptors (Lipinski definition) is 3. The number of amides is 1. The molecule has 0 bridgehead atoms. The van der Waals surface area contributed by atoms with Crippen LogP contribution in [0.2, 0.25) is 10.0 Å². The van der Waals surface area contributed by atoms with Crippen LogP contribution >= 0.6 is 23.2 Å². The molecular weight excluding hydrogens is 359 g/mol. The van der Waals surface area contributed by atoms with Crippen LogP contribution in [-0.2, 0) is 6.61 Å². The predicted octanol–water partition coefficient (Wildman–Crippen LogP) is 4.05. The van der Waals surface area contributed by atoms with Crippen molar-refractivity contribution in [3.8, 4) is 5.75 Å². The van der Waals surface area contributed by atoms with Crippen LogP contribution in [0.1, 0.15) is 28.8 Å². The Hall–Kier alpha value is -1.75. The van der Waals surface area contributed by atoms with Gasteiger partial charge >= 0.3 is 0 Å². The minimum Gasteiger partial charge on any atom is -0.488 e. The van der Waals surface area contributed by atoms with E-state index >= 15 is 0 Å². The number of carbonyl (C=O) groups is 1. The normalized spacial score (nSPS) is 15.0. The Balaban J connectivity index is 1.68. The van der Waals surface area contributed by atoms with Crippen LogP contribution in [0.5, 0.6) is 5.75 Å². The average Bonchev–Trinajstić information content (AvgIpc) is 2.62. The number of para-hydroxylation sites is 1. The molecule has 2 N–H and O–H groups in total. The quantitative estimate of drug-likeness (QED) is 0.824. The second-order valence-corrected chi connectivity index (χ2v) is 6.86. The molecule has 0 radical (unpaired) electrons. The molecule has 0 aromatic heterocycles. The minimum atomic E-state index is -0.107. The Labute approximate surface area is 157 Å². The smallest absolute Gasteiger partial charge is 0.255 e. The Kier molecular flexibility index (Phi) is 6.19. The van der Waals surface area contributed by atoms with E-state index in [-0.39, 0.29) is 18.6 Å². The number of benzene rings is 2. The van der Waals surface area contributed by atoms with Gasteiger partial charge in [-0.2, -0.15) is 0 Å². The molecular formula is C19H20Cl2N2O2. The van der Waals surface area contributed by atoms with E-state index in [9.17, 15) is 4.79 Å². The number of hydrogen-bond donors (Lipinski definition) is 2. The van der Waals surface area contributed by atoms with Gasteiger partial charge in [0.25, 0.3) is 5.91 Å². The summed E-state index contributed by atoms with van der Waals surface area (Å²) in [6.07, 6.45) is 1.88. The molecule has 1 saturated heterocycles. The van der Waals surface area contributed by atoms with Crippen molar-refractivity contribution in [1.82, 2.24) is 10.6 Å². The van der Waals surface area contributed by atoms with Crippen molar-refractivity contribution in [2.24, 2.45) is 0 Å². The summed E-state index contributed by atoms with van der Waals surface area (Å²) in [6, 6.07) is 12.7. The molecule has 0 atom stereocenters. The first-order valence-corrected chi connectivity index (χ1v) is 9.06. The summed E-state index contributed by atoms with van der Waals surface area (Å²) >= 11 is 12.1. The first kappa shape index (κ1) is 18.1. The molecule has 3 rings (SSSR count). The van der Waals surface area contributed by atoms with Crippen LogP contribution in [0.25, 0.3) is 0 Å². The maximum Gasteiger partial charge on any atom is 0.255 e. The fraction of sp³-hybridized carbons (Fsp3) is 0.316. The summed E-state index contributed by atoms with van der Waals surface area (Å²) in [4.78, 5) is 12.6. The molecule has 1 aliphatic heterocycles. The number of rotatable bonds is 5. The highest BCUT2D eigenvalue weighted by atomic mass is 35.5. The van der Waals surface area contributed by atoms with Gasteiger partial charge in [-0.1, -0.05) is 41.4 Å². The molecule has 0 saturated carbocycles. The summed E-state index contributed by atoms with van der Waals surface area (Å²) in [6.45, 7) is 2.13. The number of halogens is 2. The first-order chi connectivity index (χ1) is 12.1. The van der Waals surface area contributed by atoms with Gasteiger partial charge < -0.3 is 15.4 Å². The van der Waals surface area contributed by atoms with Crippen LogP contribution in [0.4, 0.5) is 0 Å². The molecule has 1 fully saturated rings. The maximum absolute atomic E-state index is 12.6. The van der Waals surface area contributed by atoms with E-state index in [1.54, 1.807) is 24.3 Å². The Morgan fingerprint density at radius 3 is 2.68 bits per heavy atom. The highest BCUT2D eigenvalue weighted by Gasteiger charge is 2.19. The second kappa shape index (κ2) is 8.56. The topological polar surface area (TPSA) is 50.4 Å². The molecule has 2 aromatic carbocycles. The third-order valence-electron chi connectivity index (χ3n) is 4.20. The lowest BCUT2D eigenvalue weighted by Gasteiger charge is -2.24. The number of ether oxygens (including phenoxy) is 1. The van der Waals surface area contributed by atoms with Crippen LogP contribution in [0, 0.1) is 0 Å². The standard InChI is InChI=1S/C19H20Cl2N2O2/c20-14-6-5-13(17(21)11-14)12-25-18-4-2-1-3-16(18)19(24)23-15-7-9-22-10-8-15/h1-6,11,15,22H,7-10,12H2,(H,23,24).